The van der Waals surface area contributed by atoms with Crippen molar-refractivity contribution in [2.24, 2.45) is 11.7 Å². The van der Waals surface area contributed by atoms with Gasteiger partial charge in [-0.15, -0.1) is 0 Å². The van der Waals surface area contributed by atoms with Gasteiger partial charge in [0.05, 0.1) is 6.26 Å². The van der Waals surface area contributed by atoms with E-state index in [0.29, 0.717) is 13.1 Å². The lowest BCUT2D eigenvalue weighted by molar-refractivity contribution is -0.139. The van der Waals surface area contributed by atoms with Crippen LogP contribution in [-0.4, -0.2) is 59.7 Å². The van der Waals surface area contributed by atoms with E-state index >= 15 is 0 Å². The summed E-state index contributed by atoms with van der Waals surface area (Å²) in [6.07, 6.45) is 3.05. The summed E-state index contributed by atoms with van der Waals surface area (Å²) >= 11 is 1.51. The molecule has 0 aliphatic carbocycles. The van der Waals surface area contributed by atoms with E-state index in [-0.39, 0.29) is 5.92 Å². The first-order valence-corrected chi connectivity index (χ1v) is 9.45. The molecule has 1 rings (SSSR count). The predicted octanol–water partition coefficient (Wildman–Crippen LogP) is 0.582. The number of piperidine rings is 1. The molecular weight excluding hydrogens is 300 g/mol. The van der Waals surface area contributed by atoms with E-state index in [4.69, 9.17) is 10.8 Å². The fraction of sp³-hybridized carbons (Fsp3) is 0.917. The van der Waals surface area contributed by atoms with Crippen molar-refractivity contribution in [3.05, 3.63) is 0 Å². The van der Waals surface area contributed by atoms with Crippen LogP contribution in [0.1, 0.15) is 26.7 Å². The Morgan fingerprint density at radius 3 is 2.65 bits per heavy atom. The van der Waals surface area contributed by atoms with Gasteiger partial charge in [-0.05, 0) is 38.4 Å². The molecule has 118 valence electrons. The summed E-state index contributed by atoms with van der Waals surface area (Å²) in [6.45, 7) is 4.73. The second-order valence-electron chi connectivity index (χ2n) is 5.86. The molecule has 0 aromatic heterocycles. The molecule has 0 radical (unpaired) electrons. The lowest BCUT2D eigenvalue weighted by atomic mass is 10.0. The summed E-state index contributed by atoms with van der Waals surface area (Å²) in [5, 5.41) is 8.98. The van der Waals surface area contributed by atoms with Gasteiger partial charge in [0.2, 0.25) is 10.0 Å². The van der Waals surface area contributed by atoms with Crippen molar-refractivity contribution in [2.45, 2.75) is 37.5 Å². The van der Waals surface area contributed by atoms with E-state index in [9.17, 15) is 13.2 Å². The van der Waals surface area contributed by atoms with Crippen molar-refractivity contribution in [2.75, 3.05) is 25.1 Å². The number of nitrogens with zero attached hydrogens (tertiary/aromatic N) is 1. The Hall–Kier alpha value is -0.310. The van der Waals surface area contributed by atoms with Gasteiger partial charge in [0.25, 0.3) is 0 Å². The van der Waals surface area contributed by atoms with E-state index in [1.54, 1.807) is 0 Å². The molecule has 3 N–H and O–H groups in total. The van der Waals surface area contributed by atoms with Gasteiger partial charge in [0.15, 0.2) is 0 Å². The number of rotatable bonds is 6. The molecule has 6 nitrogen and oxygen atoms in total. The van der Waals surface area contributed by atoms with E-state index in [1.165, 1.54) is 22.3 Å². The van der Waals surface area contributed by atoms with Crippen LogP contribution in [0.2, 0.25) is 0 Å². The number of aliphatic carboxylic acids is 1. The highest BCUT2D eigenvalue weighted by atomic mass is 32.2. The third-order valence-electron chi connectivity index (χ3n) is 3.66. The van der Waals surface area contributed by atoms with Crippen molar-refractivity contribution in [1.29, 1.82) is 0 Å². The Morgan fingerprint density at radius 2 is 2.15 bits per heavy atom. The first kappa shape index (κ1) is 17.7. The summed E-state index contributed by atoms with van der Waals surface area (Å²) in [7, 11) is -3.14. The Balaban J connectivity index is 2.55. The number of thioether (sulfide) groups is 1. The number of hydrogen-bond donors (Lipinski definition) is 2. The van der Waals surface area contributed by atoms with Gasteiger partial charge in [0.1, 0.15) is 6.04 Å². The van der Waals surface area contributed by atoms with Gasteiger partial charge in [-0.25, -0.2) is 12.7 Å². The van der Waals surface area contributed by atoms with Crippen LogP contribution in [0, 0.1) is 5.92 Å². The molecule has 0 bridgehead atoms. The van der Waals surface area contributed by atoms with Crippen molar-refractivity contribution in [1.82, 2.24) is 4.31 Å². The van der Waals surface area contributed by atoms with Gasteiger partial charge >= 0.3 is 5.97 Å². The second-order valence-corrected chi connectivity index (χ2v) is 9.52. The van der Waals surface area contributed by atoms with Crippen LogP contribution >= 0.6 is 11.8 Å². The van der Waals surface area contributed by atoms with Crippen LogP contribution in [0.15, 0.2) is 0 Å². The molecule has 0 spiro atoms. The SMILES string of the molecule is CC(C)(SCC1CCCN(S(C)(=O)=O)C1)[C@H](N)C(=O)O. The minimum atomic E-state index is -3.14. The lowest BCUT2D eigenvalue weighted by Gasteiger charge is -2.34. The number of nitrogens with two attached hydrogens (primary N) is 1. The molecule has 1 aliphatic rings. The zero-order chi connectivity index (χ0) is 15.6. The topological polar surface area (TPSA) is 101 Å². The highest BCUT2D eigenvalue weighted by molar-refractivity contribution is 8.00. The van der Waals surface area contributed by atoms with Crippen LogP contribution in [0.4, 0.5) is 0 Å². The average molecular weight is 324 g/mol. The van der Waals surface area contributed by atoms with E-state index < -0.39 is 26.8 Å². The molecule has 20 heavy (non-hydrogen) atoms. The van der Waals surface area contributed by atoms with Gasteiger partial charge in [-0.2, -0.15) is 11.8 Å². The fourth-order valence-electron chi connectivity index (χ4n) is 2.18. The first-order valence-electron chi connectivity index (χ1n) is 6.61. The van der Waals surface area contributed by atoms with E-state index in [0.717, 1.165) is 18.6 Å². The third-order valence-corrected chi connectivity index (χ3v) is 6.56. The standard InChI is InChI=1S/C12H24N2O4S2/c1-12(2,10(13)11(15)16)19-8-9-5-4-6-14(7-9)20(3,17)18/h9-10H,4-8,13H2,1-3H3,(H,15,16)/t9?,10-/m1/s1. The summed E-state index contributed by atoms with van der Waals surface area (Å²) in [6, 6.07) is -0.929. The van der Waals surface area contributed by atoms with Crippen LogP contribution < -0.4 is 5.73 Å². The van der Waals surface area contributed by atoms with Crippen LogP contribution in [0.5, 0.6) is 0 Å². The highest BCUT2D eigenvalue weighted by Crippen LogP contribution is 2.32. The molecule has 0 amide bonds. The first-order chi connectivity index (χ1) is 9.04. The molecule has 1 unspecified atom stereocenters. The second kappa shape index (κ2) is 6.64. The Labute approximate surface area is 125 Å². The molecular formula is C12H24N2O4S2. The Kier molecular flexibility index (Phi) is 5.89. The van der Waals surface area contributed by atoms with Crippen molar-refractivity contribution < 1.29 is 18.3 Å². The lowest BCUT2D eigenvalue weighted by Crippen LogP contribution is -2.47. The minimum absolute atomic E-state index is 0.253. The maximum Gasteiger partial charge on any atom is 0.321 e. The largest absolute Gasteiger partial charge is 0.480 e. The Bertz CT molecular complexity index is 450. The summed E-state index contributed by atoms with van der Waals surface area (Å²) in [4.78, 5) is 11.0. The van der Waals surface area contributed by atoms with E-state index in [1.807, 2.05) is 13.8 Å². The van der Waals surface area contributed by atoms with Gasteiger partial charge in [0, 0.05) is 17.8 Å². The molecule has 1 saturated heterocycles. The maximum absolute atomic E-state index is 11.6. The van der Waals surface area contributed by atoms with Gasteiger partial charge in [-0.1, -0.05) is 0 Å². The van der Waals surface area contributed by atoms with Crippen molar-refractivity contribution in [3.63, 3.8) is 0 Å². The van der Waals surface area contributed by atoms with Crippen LogP contribution in [-0.2, 0) is 14.8 Å². The quantitative estimate of drug-likeness (QED) is 0.741. The third kappa shape index (κ3) is 4.91. The van der Waals surface area contributed by atoms with Gasteiger partial charge in [-0.3, -0.25) is 4.79 Å². The monoisotopic (exact) mass is 324 g/mol. The Morgan fingerprint density at radius 1 is 1.55 bits per heavy atom. The summed E-state index contributed by atoms with van der Waals surface area (Å²) in [5.74, 6) is -0.0346. The van der Waals surface area contributed by atoms with Crippen LogP contribution in [0.25, 0.3) is 0 Å². The summed E-state index contributed by atoms with van der Waals surface area (Å²) < 4.78 is 24.0. The highest BCUT2D eigenvalue weighted by Gasteiger charge is 2.34. The molecule has 0 aromatic rings. The molecule has 8 heteroatoms. The smallest absolute Gasteiger partial charge is 0.321 e. The van der Waals surface area contributed by atoms with Crippen molar-refractivity contribution >= 4 is 27.8 Å². The van der Waals surface area contributed by atoms with Crippen molar-refractivity contribution in [3.8, 4) is 0 Å². The maximum atomic E-state index is 11.6. The molecule has 1 heterocycles. The van der Waals surface area contributed by atoms with Gasteiger partial charge < -0.3 is 10.8 Å². The number of hydrogen-bond acceptors (Lipinski definition) is 5. The normalized spacial score (nSPS) is 23.5. The molecule has 0 saturated carbocycles. The molecule has 1 fully saturated rings. The predicted molar refractivity (Wildman–Crippen MR) is 81.3 cm³/mol. The molecule has 1 aliphatic heterocycles. The molecule has 2 atom stereocenters. The number of sulfonamides is 1. The summed E-state index contributed by atoms with van der Waals surface area (Å²) in [5.41, 5.74) is 5.68. The number of carboxylic acids is 1. The van der Waals surface area contributed by atoms with E-state index in [2.05, 4.69) is 0 Å². The fourth-order valence-corrected chi connectivity index (χ4v) is 4.34. The van der Waals surface area contributed by atoms with Crippen LogP contribution in [0.3, 0.4) is 0 Å². The molecule has 0 aromatic carbocycles. The zero-order valence-corrected chi connectivity index (χ0v) is 13.8. The number of carboxylic acid groups (broad SMARTS) is 1. The minimum Gasteiger partial charge on any atom is -0.480 e. The average Bonchev–Trinajstić information content (AvgIpc) is 2.35. The number of carbonyl (C=O) groups is 1. The zero-order valence-electron chi connectivity index (χ0n) is 12.2.